The summed E-state index contributed by atoms with van der Waals surface area (Å²) in [5.74, 6) is 0.0528. The van der Waals surface area contributed by atoms with Gasteiger partial charge in [0.1, 0.15) is 17.4 Å². The second-order valence-electron chi connectivity index (χ2n) is 6.72. The highest BCUT2D eigenvalue weighted by Gasteiger charge is 2.15. The van der Waals surface area contributed by atoms with Gasteiger partial charge < -0.3 is 15.0 Å². The molecule has 1 heterocycles. The number of piperidine rings is 1. The zero-order valence-electron chi connectivity index (χ0n) is 16.0. The Morgan fingerprint density at radius 2 is 1.93 bits per heavy atom. The fourth-order valence-electron chi connectivity index (χ4n) is 3.25. The minimum absolute atomic E-state index is 0.0555. The summed E-state index contributed by atoms with van der Waals surface area (Å²) in [5.41, 5.74) is 2.06. The predicted octanol–water partition coefficient (Wildman–Crippen LogP) is 5.54. The summed E-state index contributed by atoms with van der Waals surface area (Å²) < 4.78 is 5.50. The zero-order valence-corrected chi connectivity index (χ0v) is 17.6. The maximum absolute atomic E-state index is 12.6. The van der Waals surface area contributed by atoms with Crippen molar-refractivity contribution < 1.29 is 9.53 Å². The number of rotatable bonds is 5. The molecule has 0 bridgehead atoms. The quantitative estimate of drug-likeness (QED) is 0.500. The first-order valence-electron chi connectivity index (χ1n) is 9.33. The molecule has 0 atom stereocenters. The van der Waals surface area contributed by atoms with E-state index in [9.17, 15) is 10.1 Å². The summed E-state index contributed by atoms with van der Waals surface area (Å²) in [7, 11) is 1.58. The lowest BCUT2D eigenvalue weighted by Crippen LogP contribution is -2.29. The number of benzene rings is 2. The minimum atomic E-state index is -0.557. The third kappa shape index (κ3) is 5.23. The smallest absolute Gasteiger partial charge is 0.266 e. The Morgan fingerprint density at radius 3 is 2.59 bits per heavy atom. The number of ether oxygens (including phenoxy) is 1. The summed E-state index contributed by atoms with van der Waals surface area (Å²) in [6.07, 6.45) is 5.12. The van der Waals surface area contributed by atoms with Crippen LogP contribution in [0.2, 0.25) is 10.0 Å². The second-order valence-corrected chi connectivity index (χ2v) is 7.57. The molecule has 0 spiro atoms. The summed E-state index contributed by atoms with van der Waals surface area (Å²) in [6, 6.07) is 12.5. The topological polar surface area (TPSA) is 65.4 Å². The molecule has 0 aromatic heterocycles. The first kappa shape index (κ1) is 21.0. The monoisotopic (exact) mass is 429 g/mol. The molecule has 1 fully saturated rings. The van der Waals surface area contributed by atoms with Crippen LogP contribution in [0.25, 0.3) is 6.08 Å². The van der Waals surface area contributed by atoms with Crippen molar-refractivity contribution in [2.75, 3.05) is 30.4 Å². The van der Waals surface area contributed by atoms with E-state index in [0.29, 0.717) is 27.0 Å². The molecule has 2 aromatic carbocycles. The van der Waals surface area contributed by atoms with Crippen molar-refractivity contribution >= 4 is 46.6 Å². The molecule has 1 aliphatic rings. The third-order valence-corrected chi connectivity index (χ3v) is 5.33. The zero-order chi connectivity index (χ0) is 20.8. The maximum atomic E-state index is 12.6. The van der Waals surface area contributed by atoms with Crippen LogP contribution in [0.1, 0.15) is 24.8 Å². The largest absolute Gasteiger partial charge is 0.496 e. The molecule has 150 valence electrons. The standard InChI is InChI=1S/C22H21Cl2N3O2/c1-29-21-13-18(27-9-3-2-4-10-27)7-5-15(21)11-16(14-25)22(28)26-20-8-6-17(23)12-19(20)24/h5-8,11-13H,2-4,9-10H2,1H3,(H,26,28)/b16-11-. The number of methoxy groups -OCH3 is 1. The first-order chi connectivity index (χ1) is 14.0. The molecular formula is C22H21Cl2N3O2. The maximum Gasteiger partial charge on any atom is 0.266 e. The van der Waals surface area contributed by atoms with Crippen molar-refractivity contribution in [2.24, 2.45) is 0 Å². The summed E-state index contributed by atoms with van der Waals surface area (Å²) in [6.45, 7) is 2.04. The van der Waals surface area contributed by atoms with Crippen molar-refractivity contribution in [3.8, 4) is 11.8 Å². The lowest BCUT2D eigenvalue weighted by atomic mass is 10.1. The van der Waals surface area contributed by atoms with E-state index in [-0.39, 0.29) is 5.57 Å². The molecule has 1 saturated heterocycles. The molecule has 7 heteroatoms. The number of carbonyl (C=O) groups is 1. The number of nitrogens with zero attached hydrogens (tertiary/aromatic N) is 2. The number of amides is 1. The highest BCUT2D eigenvalue weighted by molar-refractivity contribution is 6.36. The molecule has 5 nitrogen and oxygen atoms in total. The van der Waals surface area contributed by atoms with Gasteiger partial charge in [-0.25, -0.2) is 0 Å². The van der Waals surface area contributed by atoms with Gasteiger partial charge >= 0.3 is 0 Å². The summed E-state index contributed by atoms with van der Waals surface area (Å²) in [4.78, 5) is 14.9. The minimum Gasteiger partial charge on any atom is -0.496 e. The van der Waals surface area contributed by atoms with E-state index in [0.717, 1.165) is 18.8 Å². The van der Waals surface area contributed by atoms with Crippen molar-refractivity contribution in [3.63, 3.8) is 0 Å². The van der Waals surface area contributed by atoms with Gasteiger partial charge in [-0.15, -0.1) is 0 Å². The van der Waals surface area contributed by atoms with Crippen molar-refractivity contribution in [2.45, 2.75) is 19.3 Å². The van der Waals surface area contributed by atoms with Crippen LogP contribution >= 0.6 is 23.2 Å². The Bertz CT molecular complexity index is 977. The Hall–Kier alpha value is -2.68. The van der Waals surface area contributed by atoms with E-state index in [1.807, 2.05) is 24.3 Å². The average molecular weight is 430 g/mol. The second kappa shape index (κ2) is 9.69. The highest BCUT2D eigenvalue weighted by atomic mass is 35.5. The number of carbonyl (C=O) groups excluding carboxylic acids is 1. The van der Waals surface area contributed by atoms with Gasteiger partial charge in [0.2, 0.25) is 0 Å². The number of nitriles is 1. The van der Waals surface area contributed by atoms with Crippen molar-refractivity contribution in [3.05, 3.63) is 57.6 Å². The predicted molar refractivity (Wildman–Crippen MR) is 118 cm³/mol. The van der Waals surface area contributed by atoms with Crippen LogP contribution in [0, 0.1) is 11.3 Å². The van der Waals surface area contributed by atoms with Gasteiger partial charge in [-0.3, -0.25) is 4.79 Å². The fraction of sp³-hybridized carbons (Fsp3) is 0.273. The highest BCUT2D eigenvalue weighted by Crippen LogP contribution is 2.30. The Balaban J connectivity index is 1.83. The summed E-state index contributed by atoms with van der Waals surface area (Å²) >= 11 is 12.0. The molecule has 0 radical (unpaired) electrons. The Morgan fingerprint density at radius 1 is 1.17 bits per heavy atom. The van der Waals surface area contributed by atoms with Gasteiger partial charge in [-0.1, -0.05) is 23.2 Å². The van der Waals surface area contributed by atoms with Gasteiger partial charge in [0.05, 0.1) is 17.8 Å². The molecule has 2 aromatic rings. The van der Waals surface area contributed by atoms with E-state index >= 15 is 0 Å². The van der Waals surface area contributed by atoms with Crippen molar-refractivity contribution in [1.29, 1.82) is 5.26 Å². The molecule has 0 aliphatic carbocycles. The Kier molecular flexibility index (Phi) is 7.03. The first-order valence-corrected chi connectivity index (χ1v) is 10.1. The molecule has 1 amide bonds. The van der Waals surface area contributed by atoms with Gasteiger partial charge in [-0.2, -0.15) is 5.26 Å². The number of hydrogen-bond donors (Lipinski definition) is 1. The van der Waals surface area contributed by atoms with Gasteiger partial charge in [0.15, 0.2) is 0 Å². The molecule has 29 heavy (non-hydrogen) atoms. The lowest BCUT2D eigenvalue weighted by Gasteiger charge is -2.29. The normalized spacial score (nSPS) is 14.3. The SMILES string of the molecule is COc1cc(N2CCCCC2)ccc1/C=C(/C#N)C(=O)Nc1ccc(Cl)cc1Cl. The van der Waals surface area contributed by atoms with Gasteiger partial charge in [0.25, 0.3) is 5.91 Å². The van der Waals surface area contributed by atoms with Crippen LogP contribution in [-0.4, -0.2) is 26.1 Å². The molecule has 1 aliphatic heterocycles. The third-order valence-electron chi connectivity index (χ3n) is 4.78. The van der Waals surface area contributed by atoms with Crippen LogP contribution in [0.5, 0.6) is 5.75 Å². The van der Waals surface area contributed by atoms with E-state index in [1.54, 1.807) is 19.2 Å². The van der Waals surface area contributed by atoms with Crippen LogP contribution in [0.4, 0.5) is 11.4 Å². The number of anilines is 2. The van der Waals surface area contributed by atoms with E-state index in [1.165, 1.54) is 31.4 Å². The molecule has 0 saturated carbocycles. The molecule has 1 N–H and O–H groups in total. The van der Waals surface area contributed by atoms with Crippen LogP contribution in [0.15, 0.2) is 42.0 Å². The van der Waals surface area contributed by atoms with Crippen LogP contribution < -0.4 is 15.0 Å². The average Bonchev–Trinajstić information content (AvgIpc) is 2.74. The number of halogens is 2. The van der Waals surface area contributed by atoms with Crippen molar-refractivity contribution in [1.82, 2.24) is 0 Å². The Labute approximate surface area is 180 Å². The summed E-state index contributed by atoms with van der Waals surface area (Å²) in [5, 5.41) is 12.9. The van der Waals surface area contributed by atoms with E-state index < -0.39 is 5.91 Å². The molecule has 0 unspecified atom stereocenters. The fourth-order valence-corrected chi connectivity index (χ4v) is 3.71. The molecule has 3 rings (SSSR count). The van der Waals surface area contributed by atoms with Crippen LogP contribution in [-0.2, 0) is 4.79 Å². The number of nitrogens with one attached hydrogen (secondary N) is 1. The van der Waals surface area contributed by atoms with E-state index in [2.05, 4.69) is 10.2 Å². The van der Waals surface area contributed by atoms with Crippen LogP contribution in [0.3, 0.4) is 0 Å². The lowest BCUT2D eigenvalue weighted by molar-refractivity contribution is -0.112. The number of hydrogen-bond acceptors (Lipinski definition) is 4. The molecular weight excluding hydrogens is 409 g/mol. The van der Waals surface area contributed by atoms with Gasteiger partial charge in [0, 0.05) is 35.4 Å². The van der Waals surface area contributed by atoms with E-state index in [4.69, 9.17) is 27.9 Å². The van der Waals surface area contributed by atoms with Gasteiger partial charge in [-0.05, 0) is 55.7 Å².